The minimum Gasteiger partial charge on any atom is -0.435 e. The van der Waals surface area contributed by atoms with E-state index in [9.17, 15) is 4.79 Å². The maximum absolute atomic E-state index is 9.75. The molecule has 0 aromatic carbocycles. The minimum absolute atomic E-state index is 0.329. The van der Waals surface area contributed by atoms with Gasteiger partial charge < -0.3 is 4.74 Å². The van der Waals surface area contributed by atoms with E-state index in [0.29, 0.717) is 0 Å². The smallest absolute Gasteiger partial charge is 0.307 e. The average Bonchev–Trinajstić information content (AvgIpc) is 2.24. The van der Waals surface area contributed by atoms with Crippen LogP contribution in [0.25, 0.3) is 0 Å². The van der Waals surface area contributed by atoms with E-state index in [1.807, 2.05) is 12.1 Å². The zero-order valence-electron chi connectivity index (χ0n) is 10.2. The lowest BCUT2D eigenvalue weighted by Gasteiger charge is -1.92. The van der Waals surface area contributed by atoms with Gasteiger partial charge >= 0.3 is 5.97 Å². The van der Waals surface area contributed by atoms with Crippen LogP contribution in [0.3, 0.4) is 0 Å². The number of esters is 1. The van der Waals surface area contributed by atoms with Crippen molar-refractivity contribution in [3.05, 3.63) is 25.0 Å². The number of nitrogens with zero attached hydrogens (tertiary/aromatic N) is 1. The Kier molecular flexibility index (Phi) is 16.7. The Balaban J connectivity index is 0. The van der Waals surface area contributed by atoms with Gasteiger partial charge in [0.2, 0.25) is 0 Å². The number of allylic oxidation sites excluding steroid dienone is 2. The molecule has 90 valence electrons. The van der Waals surface area contributed by atoms with E-state index in [2.05, 4.69) is 18.2 Å². The van der Waals surface area contributed by atoms with Crippen molar-refractivity contribution in [2.45, 2.75) is 46.0 Å². The summed E-state index contributed by atoms with van der Waals surface area (Å²) in [5.74, 6) is -0.329. The molecule has 3 nitrogen and oxygen atoms in total. The Morgan fingerprint density at radius 3 is 2.50 bits per heavy atom. The van der Waals surface area contributed by atoms with Crippen molar-refractivity contribution in [1.82, 2.24) is 0 Å². The second-order valence-corrected chi connectivity index (χ2v) is 3.16. The fourth-order valence-electron chi connectivity index (χ4n) is 0.942. The molecule has 0 aliphatic carbocycles. The normalized spacial score (nSPS) is 8.81. The van der Waals surface area contributed by atoms with Crippen LogP contribution in [0.15, 0.2) is 25.0 Å². The standard InChI is InChI=1S/C9H15N.C4H6O2/c1-2-3-4-5-6-7-8-9-10;1-3-6-4(2)5/h7-8H,2-6H2,1H3;3H,1H2,2H3. The molecule has 0 rings (SSSR count). The molecular formula is C13H21NO2. The number of nitriles is 1. The zero-order chi connectivity index (χ0) is 12.6. The highest BCUT2D eigenvalue weighted by Gasteiger charge is 1.82. The Morgan fingerprint density at radius 1 is 1.44 bits per heavy atom. The first-order valence-electron chi connectivity index (χ1n) is 5.51. The van der Waals surface area contributed by atoms with Crippen molar-refractivity contribution in [2.24, 2.45) is 0 Å². The largest absolute Gasteiger partial charge is 0.435 e. The van der Waals surface area contributed by atoms with Crippen LogP contribution in [0.2, 0.25) is 0 Å². The van der Waals surface area contributed by atoms with E-state index in [4.69, 9.17) is 5.26 Å². The topological polar surface area (TPSA) is 50.1 Å². The third-order valence-corrected chi connectivity index (χ3v) is 1.67. The van der Waals surface area contributed by atoms with Crippen LogP contribution >= 0.6 is 0 Å². The van der Waals surface area contributed by atoms with Crippen LogP contribution in [0.5, 0.6) is 0 Å². The van der Waals surface area contributed by atoms with Gasteiger partial charge in [-0.15, -0.1) is 0 Å². The molecule has 0 amide bonds. The molecule has 0 fully saturated rings. The predicted molar refractivity (Wildman–Crippen MR) is 65.5 cm³/mol. The molecule has 0 atom stereocenters. The number of ether oxygens (including phenoxy) is 1. The van der Waals surface area contributed by atoms with Crippen molar-refractivity contribution in [1.29, 1.82) is 5.26 Å². The third-order valence-electron chi connectivity index (χ3n) is 1.67. The molecule has 16 heavy (non-hydrogen) atoms. The van der Waals surface area contributed by atoms with E-state index >= 15 is 0 Å². The molecule has 0 radical (unpaired) electrons. The van der Waals surface area contributed by atoms with E-state index in [1.165, 1.54) is 32.6 Å². The number of hydrogen-bond acceptors (Lipinski definition) is 3. The van der Waals surface area contributed by atoms with Gasteiger partial charge in [-0.3, -0.25) is 4.79 Å². The predicted octanol–water partition coefficient (Wildman–Crippen LogP) is 3.73. The van der Waals surface area contributed by atoms with Crippen molar-refractivity contribution in [3.8, 4) is 6.07 Å². The Hall–Kier alpha value is -1.56. The summed E-state index contributed by atoms with van der Waals surface area (Å²) in [7, 11) is 0. The van der Waals surface area contributed by atoms with E-state index in [-0.39, 0.29) is 5.97 Å². The monoisotopic (exact) mass is 223 g/mol. The van der Waals surface area contributed by atoms with Gasteiger partial charge in [0.05, 0.1) is 12.3 Å². The number of rotatable bonds is 6. The Morgan fingerprint density at radius 2 is 2.12 bits per heavy atom. The van der Waals surface area contributed by atoms with Crippen molar-refractivity contribution in [3.63, 3.8) is 0 Å². The van der Waals surface area contributed by atoms with Crippen LogP contribution in [-0.4, -0.2) is 5.97 Å². The number of carbonyl (C=O) groups excluding carboxylic acids is 1. The summed E-state index contributed by atoms with van der Waals surface area (Å²) in [5, 5.41) is 8.13. The molecule has 0 bridgehead atoms. The minimum atomic E-state index is -0.329. The molecule has 0 heterocycles. The van der Waals surface area contributed by atoms with Gasteiger partial charge in [-0.1, -0.05) is 38.8 Å². The summed E-state index contributed by atoms with van der Waals surface area (Å²) >= 11 is 0. The molecule has 0 saturated carbocycles. The maximum atomic E-state index is 9.75. The average molecular weight is 223 g/mol. The fraction of sp³-hybridized carbons (Fsp3) is 0.538. The molecule has 0 spiro atoms. The van der Waals surface area contributed by atoms with Crippen LogP contribution in [0.4, 0.5) is 0 Å². The van der Waals surface area contributed by atoms with Gasteiger partial charge in [0.1, 0.15) is 0 Å². The molecule has 0 aromatic heterocycles. The van der Waals surface area contributed by atoms with Gasteiger partial charge in [0, 0.05) is 13.0 Å². The second kappa shape index (κ2) is 15.9. The summed E-state index contributed by atoms with van der Waals surface area (Å²) in [6, 6.07) is 1.98. The van der Waals surface area contributed by atoms with E-state index < -0.39 is 0 Å². The van der Waals surface area contributed by atoms with Crippen molar-refractivity contribution in [2.75, 3.05) is 0 Å². The summed E-state index contributed by atoms with van der Waals surface area (Å²) in [6.07, 6.45) is 10.8. The highest BCUT2D eigenvalue weighted by molar-refractivity contribution is 5.66. The quantitative estimate of drug-likeness (QED) is 0.298. The van der Waals surface area contributed by atoms with E-state index in [0.717, 1.165) is 12.7 Å². The number of hydrogen-bond donors (Lipinski definition) is 0. The number of unbranched alkanes of at least 4 members (excludes halogenated alkanes) is 4. The highest BCUT2D eigenvalue weighted by atomic mass is 16.5. The SMILES string of the molecule is C=COC(C)=O.CCCCCCC=CC#N. The first kappa shape index (κ1) is 16.9. The summed E-state index contributed by atoms with van der Waals surface area (Å²) < 4.78 is 4.17. The van der Waals surface area contributed by atoms with Crippen LogP contribution in [0, 0.1) is 11.3 Å². The lowest BCUT2D eigenvalue weighted by molar-refractivity contribution is -0.135. The van der Waals surface area contributed by atoms with Crippen LogP contribution in [0.1, 0.15) is 46.0 Å². The lowest BCUT2D eigenvalue weighted by atomic mass is 10.1. The summed E-state index contributed by atoms with van der Waals surface area (Å²) in [4.78, 5) is 9.75. The zero-order valence-corrected chi connectivity index (χ0v) is 10.2. The van der Waals surface area contributed by atoms with Gasteiger partial charge in [-0.05, 0) is 12.8 Å². The first-order chi connectivity index (χ1) is 7.68. The highest BCUT2D eigenvalue weighted by Crippen LogP contribution is 2.02. The van der Waals surface area contributed by atoms with Gasteiger partial charge in [0.25, 0.3) is 0 Å². The Labute approximate surface area is 98.4 Å². The molecule has 0 unspecified atom stereocenters. The molecule has 0 N–H and O–H groups in total. The van der Waals surface area contributed by atoms with Gasteiger partial charge in [-0.25, -0.2) is 0 Å². The molecule has 0 aliphatic heterocycles. The number of carbonyl (C=O) groups is 1. The maximum Gasteiger partial charge on any atom is 0.307 e. The summed E-state index contributed by atoms with van der Waals surface area (Å²) in [5.41, 5.74) is 0. The molecule has 0 aliphatic rings. The molecule has 0 saturated heterocycles. The first-order valence-corrected chi connectivity index (χ1v) is 5.51. The second-order valence-electron chi connectivity index (χ2n) is 3.16. The van der Waals surface area contributed by atoms with Crippen LogP contribution in [-0.2, 0) is 9.53 Å². The fourth-order valence-corrected chi connectivity index (χ4v) is 0.942. The third kappa shape index (κ3) is 22.9. The summed E-state index contributed by atoms with van der Waals surface area (Å²) in [6.45, 7) is 6.68. The Bertz CT molecular complexity index is 239. The van der Waals surface area contributed by atoms with E-state index in [1.54, 1.807) is 6.08 Å². The molecule has 0 aromatic rings. The van der Waals surface area contributed by atoms with Gasteiger partial charge in [0.15, 0.2) is 0 Å². The molecule has 3 heteroatoms. The lowest BCUT2D eigenvalue weighted by Crippen LogP contribution is -1.87. The van der Waals surface area contributed by atoms with Crippen molar-refractivity contribution >= 4 is 5.97 Å². The van der Waals surface area contributed by atoms with Crippen molar-refractivity contribution < 1.29 is 9.53 Å². The van der Waals surface area contributed by atoms with Gasteiger partial charge in [-0.2, -0.15) is 5.26 Å². The molecular weight excluding hydrogens is 202 g/mol. The van der Waals surface area contributed by atoms with Crippen LogP contribution < -0.4 is 0 Å².